The minimum absolute atomic E-state index is 0.950. The molecule has 0 fully saturated rings. The SMILES string of the molecule is c1ccc(-c2ccc(-c3n[nH]c4c3CN(CCc3cscn3)CC4)cc2)cc1. The number of nitrogens with one attached hydrogen (secondary N) is 1. The molecule has 0 amide bonds. The van der Waals surface area contributed by atoms with Gasteiger partial charge in [0.1, 0.15) is 0 Å². The number of thiazole rings is 1. The highest BCUT2D eigenvalue weighted by Gasteiger charge is 2.22. The first-order valence-corrected chi connectivity index (χ1v) is 10.6. The van der Waals surface area contributed by atoms with Crippen molar-refractivity contribution in [3.8, 4) is 22.4 Å². The molecule has 0 unspecified atom stereocenters. The molecule has 4 aromatic rings. The highest BCUT2D eigenvalue weighted by Crippen LogP contribution is 2.30. The van der Waals surface area contributed by atoms with Gasteiger partial charge in [-0.3, -0.25) is 10.00 Å². The van der Waals surface area contributed by atoms with E-state index in [2.05, 4.69) is 74.0 Å². The molecule has 5 heteroatoms. The number of hydrogen-bond acceptors (Lipinski definition) is 4. The van der Waals surface area contributed by atoms with E-state index in [0.29, 0.717) is 0 Å². The molecule has 140 valence electrons. The Bertz CT molecular complexity index is 1040. The lowest BCUT2D eigenvalue weighted by atomic mass is 9.98. The maximum absolute atomic E-state index is 4.65. The van der Waals surface area contributed by atoms with Crippen LogP contribution < -0.4 is 0 Å². The van der Waals surface area contributed by atoms with Crippen LogP contribution in [0.25, 0.3) is 22.4 Å². The van der Waals surface area contributed by atoms with Gasteiger partial charge in [0.2, 0.25) is 0 Å². The quantitative estimate of drug-likeness (QED) is 0.536. The average Bonchev–Trinajstić information content (AvgIpc) is 3.43. The highest BCUT2D eigenvalue weighted by molar-refractivity contribution is 7.07. The normalized spacial score (nSPS) is 14.1. The summed E-state index contributed by atoms with van der Waals surface area (Å²) in [5.41, 5.74) is 10.5. The fraction of sp³-hybridized carbons (Fsp3) is 0.217. The Morgan fingerprint density at radius 2 is 1.75 bits per heavy atom. The van der Waals surface area contributed by atoms with Gasteiger partial charge in [0, 0.05) is 54.7 Å². The van der Waals surface area contributed by atoms with E-state index in [9.17, 15) is 0 Å². The van der Waals surface area contributed by atoms with Crippen molar-refractivity contribution in [1.82, 2.24) is 20.1 Å². The monoisotopic (exact) mass is 386 g/mol. The zero-order valence-corrected chi connectivity index (χ0v) is 16.5. The summed E-state index contributed by atoms with van der Waals surface area (Å²) in [4.78, 5) is 6.92. The van der Waals surface area contributed by atoms with Crippen molar-refractivity contribution in [2.45, 2.75) is 19.4 Å². The lowest BCUT2D eigenvalue weighted by molar-refractivity contribution is 0.256. The van der Waals surface area contributed by atoms with Crippen LogP contribution in [-0.4, -0.2) is 33.2 Å². The molecule has 3 heterocycles. The summed E-state index contributed by atoms with van der Waals surface area (Å²) in [5, 5.41) is 10.1. The molecule has 0 saturated carbocycles. The summed E-state index contributed by atoms with van der Waals surface area (Å²) in [6.45, 7) is 3.07. The van der Waals surface area contributed by atoms with E-state index in [1.54, 1.807) is 11.3 Å². The predicted molar refractivity (Wildman–Crippen MR) is 114 cm³/mol. The summed E-state index contributed by atoms with van der Waals surface area (Å²) in [7, 11) is 0. The minimum atomic E-state index is 0.950. The van der Waals surface area contributed by atoms with Crippen molar-refractivity contribution in [2.75, 3.05) is 13.1 Å². The summed E-state index contributed by atoms with van der Waals surface area (Å²) in [6.07, 6.45) is 2.04. The average molecular weight is 387 g/mol. The molecule has 0 spiro atoms. The van der Waals surface area contributed by atoms with Crippen LogP contribution in [0.2, 0.25) is 0 Å². The number of H-pyrrole nitrogens is 1. The van der Waals surface area contributed by atoms with E-state index in [4.69, 9.17) is 0 Å². The lowest BCUT2D eigenvalue weighted by Crippen LogP contribution is -2.32. The van der Waals surface area contributed by atoms with Crippen LogP contribution in [0.3, 0.4) is 0 Å². The summed E-state index contributed by atoms with van der Waals surface area (Å²) < 4.78 is 0. The number of fused-ring (bicyclic) bond motifs is 1. The molecule has 0 aliphatic carbocycles. The Kier molecular flexibility index (Phi) is 4.77. The third-order valence-corrected chi connectivity index (χ3v) is 6.08. The highest BCUT2D eigenvalue weighted by atomic mass is 32.1. The zero-order valence-electron chi connectivity index (χ0n) is 15.6. The molecular weight excluding hydrogens is 364 g/mol. The first-order valence-electron chi connectivity index (χ1n) is 9.68. The Balaban J connectivity index is 1.34. The van der Waals surface area contributed by atoms with Gasteiger partial charge >= 0.3 is 0 Å². The number of aromatic nitrogens is 3. The van der Waals surface area contributed by atoms with Gasteiger partial charge in [-0.25, -0.2) is 4.98 Å². The molecule has 28 heavy (non-hydrogen) atoms. The van der Waals surface area contributed by atoms with E-state index in [1.165, 1.54) is 33.6 Å². The Hall–Kier alpha value is -2.76. The van der Waals surface area contributed by atoms with Crippen molar-refractivity contribution in [1.29, 1.82) is 0 Å². The number of hydrogen-bond donors (Lipinski definition) is 1. The molecular formula is C23H22N4S. The Labute approximate surface area is 168 Å². The van der Waals surface area contributed by atoms with Gasteiger partial charge in [-0.15, -0.1) is 11.3 Å². The second kappa shape index (κ2) is 7.70. The molecule has 0 saturated heterocycles. The largest absolute Gasteiger partial charge is 0.298 e. The number of nitrogens with zero attached hydrogens (tertiary/aromatic N) is 3. The lowest BCUT2D eigenvalue weighted by Gasteiger charge is -2.26. The molecule has 0 bridgehead atoms. The van der Waals surface area contributed by atoms with E-state index < -0.39 is 0 Å². The Morgan fingerprint density at radius 3 is 2.54 bits per heavy atom. The minimum Gasteiger partial charge on any atom is -0.298 e. The first-order chi connectivity index (χ1) is 13.9. The van der Waals surface area contributed by atoms with Gasteiger partial charge in [-0.1, -0.05) is 54.6 Å². The Morgan fingerprint density at radius 1 is 0.964 bits per heavy atom. The third kappa shape index (κ3) is 3.51. The topological polar surface area (TPSA) is 44.8 Å². The second-order valence-electron chi connectivity index (χ2n) is 7.23. The number of benzene rings is 2. The van der Waals surface area contributed by atoms with Gasteiger partial charge in [-0.05, 0) is 11.1 Å². The summed E-state index contributed by atoms with van der Waals surface area (Å²) in [6, 6.07) is 19.2. The molecule has 0 atom stereocenters. The van der Waals surface area contributed by atoms with Gasteiger partial charge in [-0.2, -0.15) is 5.10 Å². The first kappa shape index (κ1) is 17.3. The smallest absolute Gasteiger partial charge is 0.0968 e. The number of rotatable bonds is 5. The molecule has 4 nitrogen and oxygen atoms in total. The molecule has 2 aromatic heterocycles. The third-order valence-electron chi connectivity index (χ3n) is 5.45. The fourth-order valence-corrected chi connectivity index (χ4v) is 4.46. The number of aromatic amines is 1. The zero-order chi connectivity index (χ0) is 18.8. The maximum atomic E-state index is 4.65. The molecule has 1 aliphatic heterocycles. The van der Waals surface area contributed by atoms with Crippen LogP contribution in [0.4, 0.5) is 0 Å². The van der Waals surface area contributed by atoms with Crippen molar-refractivity contribution < 1.29 is 0 Å². The predicted octanol–water partition coefficient (Wildman–Crippen LogP) is 4.80. The van der Waals surface area contributed by atoms with Gasteiger partial charge in [0.15, 0.2) is 0 Å². The van der Waals surface area contributed by atoms with E-state index in [-0.39, 0.29) is 0 Å². The molecule has 1 N–H and O–H groups in total. The van der Waals surface area contributed by atoms with Crippen LogP contribution in [0.5, 0.6) is 0 Å². The van der Waals surface area contributed by atoms with E-state index >= 15 is 0 Å². The van der Waals surface area contributed by atoms with Crippen molar-refractivity contribution >= 4 is 11.3 Å². The van der Waals surface area contributed by atoms with Crippen LogP contribution in [0, 0.1) is 0 Å². The maximum Gasteiger partial charge on any atom is 0.0968 e. The van der Waals surface area contributed by atoms with Gasteiger partial charge in [0.25, 0.3) is 0 Å². The fourth-order valence-electron chi connectivity index (χ4n) is 3.87. The van der Waals surface area contributed by atoms with Crippen LogP contribution in [0.1, 0.15) is 17.0 Å². The van der Waals surface area contributed by atoms with Crippen LogP contribution in [-0.2, 0) is 19.4 Å². The summed E-state index contributed by atoms with van der Waals surface area (Å²) in [5.74, 6) is 0. The van der Waals surface area contributed by atoms with Crippen molar-refractivity contribution in [3.05, 3.63) is 82.4 Å². The molecule has 1 aliphatic rings. The van der Waals surface area contributed by atoms with Crippen LogP contribution >= 0.6 is 11.3 Å². The molecule has 2 aromatic carbocycles. The van der Waals surface area contributed by atoms with Gasteiger partial charge < -0.3 is 0 Å². The van der Waals surface area contributed by atoms with Gasteiger partial charge in [0.05, 0.1) is 16.9 Å². The second-order valence-corrected chi connectivity index (χ2v) is 7.95. The standard InChI is InChI=1S/C23H22N4S/c1-2-4-17(5-3-1)18-6-8-19(9-7-18)23-21-14-27(13-11-22(21)25-26-23)12-10-20-15-28-16-24-20/h1-9,15-16H,10-14H2,(H,25,26). The summed E-state index contributed by atoms with van der Waals surface area (Å²) >= 11 is 1.67. The molecule has 0 radical (unpaired) electrons. The molecule has 5 rings (SSSR count). The van der Waals surface area contributed by atoms with Crippen molar-refractivity contribution in [3.63, 3.8) is 0 Å². The van der Waals surface area contributed by atoms with E-state index in [0.717, 1.165) is 38.2 Å². The van der Waals surface area contributed by atoms with E-state index in [1.807, 2.05) is 11.6 Å². The van der Waals surface area contributed by atoms with Crippen LogP contribution in [0.15, 0.2) is 65.5 Å². The van der Waals surface area contributed by atoms with Crippen molar-refractivity contribution in [2.24, 2.45) is 0 Å².